The minimum atomic E-state index is -0.635. The second-order valence-corrected chi connectivity index (χ2v) is 6.85. The number of likely N-dealkylation sites (tertiary alicyclic amines) is 1. The molecule has 3 N–H and O–H groups in total. The zero-order valence-electron chi connectivity index (χ0n) is 13.3. The summed E-state index contributed by atoms with van der Waals surface area (Å²) in [4.78, 5) is 38.4. The van der Waals surface area contributed by atoms with E-state index in [0.29, 0.717) is 19.4 Å². The van der Waals surface area contributed by atoms with E-state index in [1.807, 2.05) is 17.5 Å². The Morgan fingerprint density at radius 2 is 2.26 bits per heavy atom. The van der Waals surface area contributed by atoms with Crippen molar-refractivity contribution in [3.63, 3.8) is 0 Å². The molecule has 0 radical (unpaired) electrons. The molecule has 3 amide bonds. The van der Waals surface area contributed by atoms with Gasteiger partial charge < -0.3 is 16.0 Å². The SMILES string of the molecule is C[C@H](NC(=O)CCCc1cccs1)C(=O)N1CCC[C@H]1C(N)=O. The van der Waals surface area contributed by atoms with E-state index in [-0.39, 0.29) is 11.8 Å². The number of amides is 3. The van der Waals surface area contributed by atoms with Crippen LogP contribution in [0.25, 0.3) is 0 Å². The van der Waals surface area contributed by atoms with Gasteiger partial charge in [0.15, 0.2) is 0 Å². The van der Waals surface area contributed by atoms with E-state index in [1.54, 1.807) is 18.3 Å². The van der Waals surface area contributed by atoms with E-state index in [0.717, 1.165) is 19.3 Å². The standard InChI is InChI=1S/C16H23N3O3S/c1-11(16(22)19-9-3-7-13(19)15(17)21)18-14(20)8-2-5-12-6-4-10-23-12/h4,6,10-11,13H,2-3,5,7-9H2,1H3,(H2,17,21)(H,18,20)/t11-,13-/m0/s1. The van der Waals surface area contributed by atoms with Crippen molar-refractivity contribution in [1.29, 1.82) is 0 Å². The number of hydrogen-bond acceptors (Lipinski definition) is 4. The van der Waals surface area contributed by atoms with Crippen molar-refractivity contribution in [2.75, 3.05) is 6.54 Å². The average Bonchev–Trinajstić information content (AvgIpc) is 3.17. The van der Waals surface area contributed by atoms with E-state index < -0.39 is 18.0 Å². The van der Waals surface area contributed by atoms with Gasteiger partial charge in [0.1, 0.15) is 12.1 Å². The van der Waals surface area contributed by atoms with E-state index in [2.05, 4.69) is 5.32 Å². The molecule has 0 unspecified atom stereocenters. The lowest BCUT2D eigenvalue weighted by molar-refractivity contribution is -0.140. The lowest BCUT2D eigenvalue weighted by Crippen LogP contribution is -2.51. The second kappa shape index (κ2) is 8.10. The molecular weight excluding hydrogens is 314 g/mol. The van der Waals surface area contributed by atoms with Crippen LogP contribution in [0, 0.1) is 0 Å². The van der Waals surface area contributed by atoms with Crippen LogP contribution in [0.1, 0.15) is 37.5 Å². The molecule has 1 saturated heterocycles. The number of aryl methyl sites for hydroxylation is 1. The van der Waals surface area contributed by atoms with E-state index >= 15 is 0 Å². The first kappa shape index (κ1) is 17.5. The second-order valence-electron chi connectivity index (χ2n) is 5.81. The Bertz CT molecular complexity index is 559. The number of nitrogens with zero attached hydrogens (tertiary/aromatic N) is 1. The van der Waals surface area contributed by atoms with Gasteiger partial charge in [0.25, 0.3) is 0 Å². The molecular formula is C16H23N3O3S. The Hall–Kier alpha value is -1.89. The number of primary amides is 1. The summed E-state index contributed by atoms with van der Waals surface area (Å²) in [6.45, 7) is 2.17. The highest BCUT2D eigenvalue weighted by Gasteiger charge is 2.34. The van der Waals surface area contributed by atoms with Gasteiger partial charge in [-0.1, -0.05) is 6.07 Å². The van der Waals surface area contributed by atoms with E-state index in [4.69, 9.17) is 5.73 Å². The lowest BCUT2D eigenvalue weighted by atomic mass is 10.1. The molecule has 2 rings (SSSR count). The minimum Gasteiger partial charge on any atom is -0.368 e. The van der Waals surface area contributed by atoms with Gasteiger partial charge >= 0.3 is 0 Å². The molecule has 2 atom stereocenters. The van der Waals surface area contributed by atoms with Crippen LogP contribution in [0.2, 0.25) is 0 Å². The fourth-order valence-corrected chi connectivity index (χ4v) is 3.58. The van der Waals surface area contributed by atoms with Crippen LogP contribution in [0.3, 0.4) is 0 Å². The smallest absolute Gasteiger partial charge is 0.245 e. The predicted octanol–water partition coefficient (Wildman–Crippen LogP) is 1.05. The van der Waals surface area contributed by atoms with Gasteiger partial charge in [-0.3, -0.25) is 14.4 Å². The Morgan fingerprint density at radius 3 is 2.91 bits per heavy atom. The number of nitrogens with one attached hydrogen (secondary N) is 1. The van der Waals surface area contributed by atoms with Crippen molar-refractivity contribution in [3.05, 3.63) is 22.4 Å². The maximum atomic E-state index is 12.4. The van der Waals surface area contributed by atoms with Crippen molar-refractivity contribution < 1.29 is 14.4 Å². The highest BCUT2D eigenvalue weighted by molar-refractivity contribution is 7.09. The molecule has 0 aromatic carbocycles. The molecule has 1 aliphatic heterocycles. The van der Waals surface area contributed by atoms with Crippen LogP contribution in [-0.4, -0.2) is 41.2 Å². The average molecular weight is 337 g/mol. The largest absolute Gasteiger partial charge is 0.368 e. The molecule has 1 aromatic heterocycles. The Kier molecular flexibility index (Phi) is 6.15. The minimum absolute atomic E-state index is 0.141. The zero-order valence-corrected chi connectivity index (χ0v) is 14.1. The van der Waals surface area contributed by atoms with Crippen molar-refractivity contribution in [2.45, 2.75) is 51.1 Å². The topological polar surface area (TPSA) is 92.5 Å². The van der Waals surface area contributed by atoms with Crippen LogP contribution in [0.15, 0.2) is 17.5 Å². The number of carbonyl (C=O) groups is 3. The predicted molar refractivity (Wildman–Crippen MR) is 88.8 cm³/mol. The molecule has 7 heteroatoms. The Labute approximate surface area is 140 Å². The van der Waals surface area contributed by atoms with E-state index in [9.17, 15) is 14.4 Å². The van der Waals surface area contributed by atoms with Crippen molar-refractivity contribution in [3.8, 4) is 0 Å². The molecule has 1 fully saturated rings. The molecule has 6 nitrogen and oxygen atoms in total. The number of rotatable bonds is 7. The lowest BCUT2D eigenvalue weighted by Gasteiger charge is -2.25. The molecule has 0 bridgehead atoms. The van der Waals surface area contributed by atoms with Crippen LogP contribution in [-0.2, 0) is 20.8 Å². The zero-order chi connectivity index (χ0) is 16.8. The number of nitrogens with two attached hydrogens (primary N) is 1. The Balaban J connectivity index is 1.76. The quantitative estimate of drug-likeness (QED) is 0.779. The third-order valence-electron chi connectivity index (χ3n) is 4.02. The first-order chi connectivity index (χ1) is 11.0. The first-order valence-electron chi connectivity index (χ1n) is 7.90. The summed E-state index contributed by atoms with van der Waals surface area (Å²) in [6, 6.07) is 2.86. The Morgan fingerprint density at radius 1 is 1.48 bits per heavy atom. The third kappa shape index (κ3) is 4.79. The van der Waals surface area contributed by atoms with Gasteiger partial charge in [0.2, 0.25) is 17.7 Å². The van der Waals surface area contributed by atoms with Gasteiger partial charge in [-0.05, 0) is 44.1 Å². The summed E-state index contributed by atoms with van der Waals surface area (Å²) >= 11 is 1.68. The molecule has 0 aliphatic carbocycles. The van der Waals surface area contributed by atoms with Gasteiger partial charge in [-0.2, -0.15) is 0 Å². The summed E-state index contributed by atoms with van der Waals surface area (Å²) in [5.74, 6) is -0.861. The molecule has 0 spiro atoms. The third-order valence-corrected chi connectivity index (χ3v) is 4.96. The summed E-state index contributed by atoms with van der Waals surface area (Å²) in [5, 5.41) is 4.73. The van der Waals surface area contributed by atoms with Crippen molar-refractivity contribution >= 4 is 29.1 Å². The van der Waals surface area contributed by atoms with Crippen LogP contribution >= 0.6 is 11.3 Å². The van der Waals surface area contributed by atoms with Crippen molar-refractivity contribution in [2.24, 2.45) is 5.73 Å². The summed E-state index contributed by atoms with van der Waals surface area (Å²) in [6.07, 6.45) is 3.36. The fraction of sp³-hybridized carbons (Fsp3) is 0.562. The normalized spacial score (nSPS) is 18.7. The molecule has 0 saturated carbocycles. The van der Waals surface area contributed by atoms with Gasteiger partial charge in [-0.15, -0.1) is 11.3 Å². The molecule has 2 heterocycles. The highest BCUT2D eigenvalue weighted by atomic mass is 32.1. The maximum Gasteiger partial charge on any atom is 0.245 e. The number of thiophene rings is 1. The van der Waals surface area contributed by atoms with Crippen LogP contribution in [0.5, 0.6) is 0 Å². The maximum absolute atomic E-state index is 12.4. The number of carbonyl (C=O) groups excluding carboxylic acids is 3. The molecule has 23 heavy (non-hydrogen) atoms. The summed E-state index contributed by atoms with van der Waals surface area (Å²) < 4.78 is 0. The van der Waals surface area contributed by atoms with Crippen LogP contribution < -0.4 is 11.1 Å². The number of hydrogen-bond donors (Lipinski definition) is 2. The van der Waals surface area contributed by atoms with Gasteiger partial charge in [-0.25, -0.2) is 0 Å². The van der Waals surface area contributed by atoms with Crippen molar-refractivity contribution in [1.82, 2.24) is 10.2 Å². The summed E-state index contributed by atoms with van der Waals surface area (Å²) in [5.41, 5.74) is 5.32. The molecule has 1 aliphatic rings. The van der Waals surface area contributed by atoms with Crippen LogP contribution in [0.4, 0.5) is 0 Å². The van der Waals surface area contributed by atoms with E-state index in [1.165, 1.54) is 9.78 Å². The molecule has 126 valence electrons. The van der Waals surface area contributed by atoms with Gasteiger partial charge in [0.05, 0.1) is 0 Å². The molecule has 1 aromatic rings. The summed E-state index contributed by atoms with van der Waals surface area (Å²) in [7, 11) is 0. The first-order valence-corrected chi connectivity index (χ1v) is 8.78. The monoisotopic (exact) mass is 337 g/mol. The fourth-order valence-electron chi connectivity index (χ4n) is 2.83. The van der Waals surface area contributed by atoms with Gasteiger partial charge in [0, 0.05) is 17.8 Å². The highest BCUT2D eigenvalue weighted by Crippen LogP contribution is 2.18.